The van der Waals surface area contributed by atoms with Crippen molar-refractivity contribution in [3.8, 4) is 0 Å². The number of hydrogen-bond acceptors (Lipinski definition) is 7. The van der Waals surface area contributed by atoms with Crippen LogP contribution in [0.15, 0.2) is 31.1 Å². The minimum Gasteiger partial charge on any atom is -0.398 e. The van der Waals surface area contributed by atoms with Gasteiger partial charge in [-0.05, 0) is 31.1 Å². The Morgan fingerprint density at radius 1 is 1.17 bits per heavy atom. The second-order valence-corrected chi connectivity index (χ2v) is 7.69. The molecule has 156 valence electrons. The smallest absolute Gasteiger partial charge is 0.246 e. The lowest BCUT2D eigenvalue weighted by molar-refractivity contribution is -0.126. The Kier molecular flexibility index (Phi) is 5.39. The van der Waals surface area contributed by atoms with Crippen LogP contribution in [0.4, 0.5) is 17.2 Å². The fourth-order valence-corrected chi connectivity index (χ4v) is 4.37. The first-order chi connectivity index (χ1) is 14.5. The number of anilines is 3. The second kappa shape index (κ2) is 8.14. The van der Waals surface area contributed by atoms with Gasteiger partial charge in [0.05, 0.1) is 17.9 Å². The Bertz CT molecular complexity index is 995. The molecule has 0 aliphatic carbocycles. The highest BCUT2D eigenvalue weighted by atomic mass is 16.2. The second-order valence-electron chi connectivity index (χ2n) is 7.69. The molecule has 2 aliphatic rings. The van der Waals surface area contributed by atoms with Crippen LogP contribution in [0.1, 0.15) is 22.4 Å². The average Bonchev–Trinajstić information content (AvgIpc) is 2.79. The number of benzene rings is 1. The van der Waals surface area contributed by atoms with E-state index in [9.17, 15) is 4.79 Å². The van der Waals surface area contributed by atoms with Crippen LogP contribution in [0, 0.1) is 12.3 Å². The summed E-state index contributed by atoms with van der Waals surface area (Å²) in [6.07, 6.45) is 5.16. The highest BCUT2D eigenvalue weighted by molar-refractivity contribution is 5.94. The molecule has 0 unspecified atom stereocenters. The highest BCUT2D eigenvalue weighted by Gasteiger charge is 2.28. The number of piperazine rings is 1. The number of aromatic nitrogens is 2. The highest BCUT2D eigenvalue weighted by Crippen LogP contribution is 2.34. The molecule has 2 aromatic rings. The molecule has 0 saturated carbocycles. The zero-order valence-electron chi connectivity index (χ0n) is 17.3. The van der Waals surface area contributed by atoms with Gasteiger partial charge in [-0.2, -0.15) is 0 Å². The molecule has 1 amide bonds. The van der Waals surface area contributed by atoms with E-state index in [1.54, 1.807) is 6.33 Å². The summed E-state index contributed by atoms with van der Waals surface area (Å²) >= 11 is 0. The molecule has 0 atom stereocenters. The number of rotatable bonds is 4. The number of nitrogen functional groups attached to an aromatic ring is 1. The SMILES string of the molecule is C=CC(=O)N1CCN(c2ncnc3c2CCN(c2c(C)ccc(N)c2C=N)C3)CC1. The van der Waals surface area contributed by atoms with Gasteiger partial charge in [0.15, 0.2) is 0 Å². The summed E-state index contributed by atoms with van der Waals surface area (Å²) in [6, 6.07) is 3.86. The van der Waals surface area contributed by atoms with Gasteiger partial charge in [0.2, 0.25) is 5.91 Å². The van der Waals surface area contributed by atoms with E-state index in [1.165, 1.54) is 17.9 Å². The van der Waals surface area contributed by atoms with Crippen molar-refractivity contribution in [2.24, 2.45) is 0 Å². The lowest BCUT2D eigenvalue weighted by Gasteiger charge is -2.38. The fraction of sp³-hybridized carbons (Fsp3) is 0.364. The van der Waals surface area contributed by atoms with Crippen LogP contribution in [-0.2, 0) is 17.8 Å². The van der Waals surface area contributed by atoms with E-state index in [-0.39, 0.29) is 5.91 Å². The number of nitrogens with one attached hydrogen (secondary N) is 1. The van der Waals surface area contributed by atoms with E-state index in [0.29, 0.717) is 25.3 Å². The van der Waals surface area contributed by atoms with E-state index < -0.39 is 0 Å². The Balaban J connectivity index is 1.58. The summed E-state index contributed by atoms with van der Waals surface area (Å²) in [7, 11) is 0. The lowest BCUT2D eigenvalue weighted by atomic mass is 10.00. The largest absolute Gasteiger partial charge is 0.398 e. The van der Waals surface area contributed by atoms with Crippen molar-refractivity contribution in [2.45, 2.75) is 19.9 Å². The van der Waals surface area contributed by atoms with Gasteiger partial charge in [-0.3, -0.25) is 4.79 Å². The quantitative estimate of drug-likeness (QED) is 0.457. The van der Waals surface area contributed by atoms with Crippen LogP contribution in [0.2, 0.25) is 0 Å². The summed E-state index contributed by atoms with van der Waals surface area (Å²) < 4.78 is 0. The van der Waals surface area contributed by atoms with Crippen molar-refractivity contribution in [1.29, 1.82) is 5.41 Å². The van der Waals surface area contributed by atoms with Gasteiger partial charge in [0.1, 0.15) is 12.1 Å². The van der Waals surface area contributed by atoms with Crippen LogP contribution in [0.3, 0.4) is 0 Å². The molecule has 2 aliphatic heterocycles. The molecule has 1 aromatic heterocycles. The molecule has 1 fully saturated rings. The topological polar surface area (TPSA) is 102 Å². The first-order valence-corrected chi connectivity index (χ1v) is 10.2. The van der Waals surface area contributed by atoms with Crippen LogP contribution >= 0.6 is 0 Å². The van der Waals surface area contributed by atoms with Gasteiger partial charge >= 0.3 is 0 Å². The molecule has 0 spiro atoms. The number of nitrogens with two attached hydrogens (primary N) is 1. The molecular weight excluding hydrogens is 378 g/mol. The molecule has 8 heteroatoms. The number of carbonyl (C=O) groups excluding carboxylic acids is 1. The minimum atomic E-state index is -0.0190. The Labute approximate surface area is 176 Å². The normalized spacial score (nSPS) is 16.2. The Morgan fingerprint density at radius 3 is 2.63 bits per heavy atom. The Hall–Kier alpha value is -3.42. The number of nitrogens with zero attached hydrogens (tertiary/aromatic N) is 5. The zero-order chi connectivity index (χ0) is 21.3. The van der Waals surface area contributed by atoms with E-state index in [2.05, 4.69) is 26.3 Å². The van der Waals surface area contributed by atoms with Crippen LogP contribution in [0.25, 0.3) is 0 Å². The summed E-state index contributed by atoms with van der Waals surface area (Å²) in [5.74, 6) is 0.955. The maximum atomic E-state index is 11.9. The maximum absolute atomic E-state index is 11.9. The van der Waals surface area contributed by atoms with Crippen LogP contribution < -0.4 is 15.5 Å². The first-order valence-electron chi connectivity index (χ1n) is 10.2. The van der Waals surface area contributed by atoms with E-state index in [0.717, 1.165) is 54.4 Å². The van der Waals surface area contributed by atoms with Crippen molar-refractivity contribution >= 4 is 29.3 Å². The summed E-state index contributed by atoms with van der Waals surface area (Å²) in [6.45, 7) is 9.93. The van der Waals surface area contributed by atoms with Crippen LogP contribution in [0.5, 0.6) is 0 Å². The summed E-state index contributed by atoms with van der Waals surface area (Å²) in [5, 5.41) is 7.82. The maximum Gasteiger partial charge on any atom is 0.246 e. The standard InChI is InChI=1S/C22H27N7O/c1-3-20(30)27-8-10-28(11-9-27)22-16-6-7-29(13-19(16)25-14-26-22)21-15(2)4-5-18(24)17(21)12-23/h3-5,12,14,23H,1,6-11,13,24H2,2H3. The van der Waals surface area contributed by atoms with Gasteiger partial charge in [0, 0.05) is 55.8 Å². The van der Waals surface area contributed by atoms with E-state index in [4.69, 9.17) is 11.1 Å². The van der Waals surface area contributed by atoms with Gasteiger partial charge in [-0.1, -0.05) is 12.6 Å². The predicted octanol–water partition coefficient (Wildman–Crippen LogP) is 1.76. The van der Waals surface area contributed by atoms with Crippen molar-refractivity contribution in [2.75, 3.05) is 48.3 Å². The monoisotopic (exact) mass is 405 g/mol. The van der Waals surface area contributed by atoms with E-state index in [1.807, 2.05) is 24.0 Å². The van der Waals surface area contributed by atoms with Gasteiger partial charge in [-0.15, -0.1) is 0 Å². The lowest BCUT2D eigenvalue weighted by Crippen LogP contribution is -2.49. The predicted molar refractivity (Wildman–Crippen MR) is 119 cm³/mol. The molecule has 4 rings (SSSR count). The van der Waals surface area contributed by atoms with Gasteiger partial charge in [-0.25, -0.2) is 9.97 Å². The summed E-state index contributed by atoms with van der Waals surface area (Å²) in [5.41, 5.74) is 11.8. The minimum absolute atomic E-state index is 0.0190. The van der Waals surface area contributed by atoms with Gasteiger partial charge in [0.25, 0.3) is 0 Å². The molecule has 1 aromatic carbocycles. The summed E-state index contributed by atoms with van der Waals surface area (Å²) in [4.78, 5) is 27.3. The third-order valence-corrected chi connectivity index (χ3v) is 5.96. The van der Waals surface area contributed by atoms with Crippen molar-refractivity contribution < 1.29 is 4.79 Å². The molecule has 0 radical (unpaired) electrons. The van der Waals surface area contributed by atoms with Crippen molar-refractivity contribution in [3.63, 3.8) is 0 Å². The molecule has 1 saturated heterocycles. The molecule has 8 nitrogen and oxygen atoms in total. The number of fused-ring (bicyclic) bond motifs is 1. The van der Waals surface area contributed by atoms with Crippen molar-refractivity contribution in [1.82, 2.24) is 14.9 Å². The van der Waals surface area contributed by atoms with E-state index >= 15 is 0 Å². The van der Waals surface area contributed by atoms with Crippen LogP contribution in [-0.4, -0.2) is 59.7 Å². The fourth-order valence-electron chi connectivity index (χ4n) is 4.37. The number of hydrogen-bond donors (Lipinski definition) is 2. The third kappa shape index (κ3) is 3.49. The third-order valence-electron chi connectivity index (χ3n) is 5.96. The number of amides is 1. The molecular formula is C22H27N7O. The van der Waals surface area contributed by atoms with Gasteiger partial charge < -0.3 is 25.8 Å². The molecule has 3 heterocycles. The first kappa shape index (κ1) is 19.9. The Morgan fingerprint density at radius 2 is 1.93 bits per heavy atom. The molecule has 3 N–H and O–H groups in total. The molecule has 30 heavy (non-hydrogen) atoms. The zero-order valence-corrected chi connectivity index (χ0v) is 17.3. The number of aryl methyl sites for hydroxylation is 1. The number of carbonyl (C=O) groups is 1. The average molecular weight is 406 g/mol. The van der Waals surface area contributed by atoms with Crippen molar-refractivity contribution in [3.05, 3.63) is 53.5 Å². The molecule has 0 bridgehead atoms.